The highest BCUT2D eigenvalue weighted by Crippen LogP contribution is 2.45. The van der Waals surface area contributed by atoms with Crippen LogP contribution < -0.4 is 0 Å². The summed E-state index contributed by atoms with van der Waals surface area (Å²) in [6.45, 7) is 11.9. The summed E-state index contributed by atoms with van der Waals surface area (Å²) in [6.07, 6.45) is 11.4. The Balaban J connectivity index is 1.85. The topological polar surface area (TPSA) is 9.23 Å². The molecule has 19 heavy (non-hydrogen) atoms. The highest BCUT2D eigenvalue weighted by atomic mass is 16.5. The van der Waals surface area contributed by atoms with Crippen LogP contribution in [0, 0.1) is 22.7 Å². The van der Waals surface area contributed by atoms with Crippen molar-refractivity contribution in [3.8, 4) is 0 Å². The molecule has 0 amide bonds. The molecule has 0 aromatic carbocycles. The largest absolute Gasteiger partial charge is 0.381 e. The van der Waals surface area contributed by atoms with E-state index in [1.165, 1.54) is 51.4 Å². The molecule has 1 nitrogen and oxygen atoms in total. The Hall–Kier alpha value is -0.0400. The molecule has 1 heteroatoms. The lowest BCUT2D eigenvalue weighted by molar-refractivity contribution is 0.0918. The van der Waals surface area contributed by atoms with Gasteiger partial charge in [0.2, 0.25) is 0 Å². The van der Waals surface area contributed by atoms with Gasteiger partial charge in [-0.3, -0.25) is 0 Å². The highest BCUT2D eigenvalue weighted by molar-refractivity contribution is 4.86. The summed E-state index contributed by atoms with van der Waals surface area (Å²) in [4.78, 5) is 0. The van der Waals surface area contributed by atoms with Crippen LogP contribution in [0.2, 0.25) is 0 Å². The maximum absolute atomic E-state index is 5.59. The lowest BCUT2D eigenvalue weighted by Gasteiger charge is -2.40. The van der Waals surface area contributed by atoms with E-state index in [4.69, 9.17) is 4.74 Å². The molecule has 1 aliphatic carbocycles. The molecule has 0 N–H and O–H groups in total. The van der Waals surface area contributed by atoms with Crippen LogP contribution in [0.15, 0.2) is 0 Å². The van der Waals surface area contributed by atoms with E-state index in [2.05, 4.69) is 27.7 Å². The Kier molecular flexibility index (Phi) is 4.98. The molecule has 1 heterocycles. The SMILES string of the molecule is CC(C)(CCC(C)(C)C1CCOC1)C1CCCCC1. The number of ether oxygens (including phenoxy) is 1. The average molecular weight is 266 g/mol. The lowest BCUT2D eigenvalue weighted by Crippen LogP contribution is -2.31. The molecule has 0 bridgehead atoms. The van der Waals surface area contributed by atoms with E-state index in [0.29, 0.717) is 10.8 Å². The number of hydrogen-bond donors (Lipinski definition) is 0. The van der Waals surface area contributed by atoms with E-state index in [1.54, 1.807) is 0 Å². The molecule has 2 rings (SSSR count). The molecule has 1 atom stereocenters. The average Bonchev–Trinajstić information content (AvgIpc) is 2.93. The van der Waals surface area contributed by atoms with Gasteiger partial charge in [0.25, 0.3) is 0 Å². The standard InChI is InChI=1S/C18H34O/c1-17(2,15-8-6-5-7-9-15)11-12-18(3,4)16-10-13-19-14-16/h15-16H,5-14H2,1-4H3. The van der Waals surface area contributed by atoms with Crippen molar-refractivity contribution in [3.05, 3.63) is 0 Å². The third kappa shape index (κ3) is 3.97. The fourth-order valence-corrected chi connectivity index (χ4v) is 4.09. The van der Waals surface area contributed by atoms with Crippen molar-refractivity contribution in [2.45, 2.75) is 79.1 Å². The van der Waals surface area contributed by atoms with E-state index >= 15 is 0 Å². The minimum Gasteiger partial charge on any atom is -0.381 e. The quantitative estimate of drug-likeness (QED) is 0.644. The first-order chi connectivity index (χ1) is 8.92. The second-order valence-electron chi connectivity index (χ2n) is 8.37. The zero-order valence-electron chi connectivity index (χ0n) is 13.6. The van der Waals surface area contributed by atoms with Crippen molar-refractivity contribution in [2.24, 2.45) is 22.7 Å². The van der Waals surface area contributed by atoms with Crippen molar-refractivity contribution in [3.63, 3.8) is 0 Å². The molecular formula is C18H34O. The predicted molar refractivity (Wildman–Crippen MR) is 82.3 cm³/mol. The van der Waals surface area contributed by atoms with Gasteiger partial charge in [-0.25, -0.2) is 0 Å². The van der Waals surface area contributed by atoms with Crippen LogP contribution in [-0.4, -0.2) is 13.2 Å². The Morgan fingerprint density at radius 3 is 1.89 bits per heavy atom. The van der Waals surface area contributed by atoms with Gasteiger partial charge < -0.3 is 4.74 Å². The first-order valence-electron chi connectivity index (χ1n) is 8.49. The Labute approximate surface area is 120 Å². The molecule has 1 aliphatic heterocycles. The lowest BCUT2D eigenvalue weighted by atomic mass is 9.65. The zero-order valence-corrected chi connectivity index (χ0v) is 13.6. The molecule has 1 unspecified atom stereocenters. The van der Waals surface area contributed by atoms with Crippen LogP contribution in [0.5, 0.6) is 0 Å². The van der Waals surface area contributed by atoms with Crippen LogP contribution >= 0.6 is 0 Å². The van der Waals surface area contributed by atoms with Gasteiger partial charge in [0.1, 0.15) is 0 Å². The van der Waals surface area contributed by atoms with E-state index in [1.807, 2.05) is 0 Å². The van der Waals surface area contributed by atoms with Crippen LogP contribution in [0.25, 0.3) is 0 Å². The van der Waals surface area contributed by atoms with Crippen molar-refractivity contribution < 1.29 is 4.74 Å². The third-order valence-corrected chi connectivity index (χ3v) is 6.16. The number of rotatable bonds is 5. The smallest absolute Gasteiger partial charge is 0.0500 e. The Morgan fingerprint density at radius 2 is 1.37 bits per heavy atom. The van der Waals surface area contributed by atoms with Crippen molar-refractivity contribution >= 4 is 0 Å². The van der Waals surface area contributed by atoms with Crippen molar-refractivity contribution in [2.75, 3.05) is 13.2 Å². The molecular weight excluding hydrogens is 232 g/mol. The first kappa shape index (κ1) is 15.4. The Morgan fingerprint density at radius 1 is 0.789 bits per heavy atom. The summed E-state index contributed by atoms with van der Waals surface area (Å²) in [5.41, 5.74) is 1.000. The van der Waals surface area contributed by atoms with Crippen LogP contribution in [0.1, 0.15) is 79.1 Å². The second kappa shape index (κ2) is 6.16. The fraction of sp³-hybridized carbons (Fsp3) is 1.00. The molecule has 0 radical (unpaired) electrons. The molecule has 1 saturated carbocycles. The van der Waals surface area contributed by atoms with E-state index in [-0.39, 0.29) is 0 Å². The summed E-state index contributed by atoms with van der Waals surface area (Å²) in [7, 11) is 0. The molecule has 0 aromatic rings. The van der Waals surface area contributed by atoms with Gasteiger partial charge in [-0.1, -0.05) is 47.0 Å². The normalized spacial score (nSPS) is 26.8. The van der Waals surface area contributed by atoms with Crippen LogP contribution in [0.4, 0.5) is 0 Å². The Bertz CT molecular complexity index is 267. The molecule has 2 aliphatic rings. The predicted octanol–water partition coefficient (Wildman–Crippen LogP) is 5.44. The monoisotopic (exact) mass is 266 g/mol. The highest BCUT2D eigenvalue weighted by Gasteiger charge is 2.36. The van der Waals surface area contributed by atoms with Crippen molar-refractivity contribution in [1.82, 2.24) is 0 Å². The van der Waals surface area contributed by atoms with Gasteiger partial charge in [-0.2, -0.15) is 0 Å². The van der Waals surface area contributed by atoms with Gasteiger partial charge in [0.15, 0.2) is 0 Å². The maximum atomic E-state index is 5.59. The minimum atomic E-state index is 0.461. The van der Waals surface area contributed by atoms with Gasteiger partial charge in [0, 0.05) is 13.2 Å². The minimum absolute atomic E-state index is 0.461. The summed E-state index contributed by atoms with van der Waals surface area (Å²) in [5, 5.41) is 0. The van der Waals surface area contributed by atoms with E-state index in [0.717, 1.165) is 25.0 Å². The van der Waals surface area contributed by atoms with Gasteiger partial charge in [-0.15, -0.1) is 0 Å². The fourth-order valence-electron chi connectivity index (χ4n) is 4.09. The van der Waals surface area contributed by atoms with Gasteiger partial charge >= 0.3 is 0 Å². The molecule has 0 spiro atoms. The zero-order chi connectivity index (χ0) is 13.9. The molecule has 112 valence electrons. The maximum Gasteiger partial charge on any atom is 0.0500 e. The number of hydrogen-bond acceptors (Lipinski definition) is 1. The molecule has 2 fully saturated rings. The molecule has 0 aromatic heterocycles. The summed E-state index contributed by atoms with van der Waals surface area (Å²) >= 11 is 0. The third-order valence-electron chi connectivity index (χ3n) is 6.16. The summed E-state index contributed by atoms with van der Waals surface area (Å²) < 4.78 is 5.59. The van der Waals surface area contributed by atoms with Crippen LogP contribution in [0.3, 0.4) is 0 Å². The summed E-state index contributed by atoms with van der Waals surface area (Å²) in [6, 6.07) is 0. The van der Waals surface area contributed by atoms with Gasteiger partial charge in [-0.05, 0) is 54.8 Å². The second-order valence-corrected chi connectivity index (χ2v) is 8.37. The van der Waals surface area contributed by atoms with Gasteiger partial charge in [0.05, 0.1) is 0 Å². The molecule has 1 saturated heterocycles. The first-order valence-corrected chi connectivity index (χ1v) is 8.49. The van der Waals surface area contributed by atoms with Crippen LogP contribution in [-0.2, 0) is 4.74 Å². The van der Waals surface area contributed by atoms with E-state index < -0.39 is 0 Å². The summed E-state index contributed by atoms with van der Waals surface area (Å²) in [5.74, 6) is 1.76. The van der Waals surface area contributed by atoms with Crippen molar-refractivity contribution in [1.29, 1.82) is 0 Å². The van der Waals surface area contributed by atoms with E-state index in [9.17, 15) is 0 Å².